The van der Waals surface area contributed by atoms with Crippen molar-refractivity contribution in [2.24, 2.45) is 0 Å². The van der Waals surface area contributed by atoms with Gasteiger partial charge >= 0.3 is 11.9 Å². The average molecular weight is 479 g/mol. The second-order valence-electron chi connectivity index (χ2n) is 8.61. The summed E-state index contributed by atoms with van der Waals surface area (Å²) in [4.78, 5) is 39.6. The molecule has 36 heavy (non-hydrogen) atoms. The molecule has 0 saturated heterocycles. The third-order valence-corrected chi connectivity index (χ3v) is 6.25. The third kappa shape index (κ3) is 4.96. The van der Waals surface area contributed by atoms with Crippen molar-refractivity contribution in [1.29, 1.82) is 0 Å². The van der Waals surface area contributed by atoms with Crippen LogP contribution in [0.3, 0.4) is 0 Å². The molecule has 0 radical (unpaired) electrons. The fourth-order valence-electron chi connectivity index (χ4n) is 3.80. The number of hydrogen-bond acceptors (Lipinski definition) is 5. The lowest BCUT2D eigenvalue weighted by atomic mass is 9.94. The number of carbonyl (C=O) groups is 3. The highest BCUT2D eigenvalue weighted by atomic mass is 16.5. The Hall–Kier alpha value is -4.51. The first kappa shape index (κ1) is 24.6. The molecule has 5 nitrogen and oxygen atoms in total. The van der Waals surface area contributed by atoms with Crippen LogP contribution in [0.15, 0.2) is 84.9 Å². The maximum atomic E-state index is 13.9. The highest BCUT2D eigenvalue weighted by Crippen LogP contribution is 2.34. The van der Waals surface area contributed by atoms with Gasteiger partial charge in [0.15, 0.2) is 0 Å². The van der Waals surface area contributed by atoms with Gasteiger partial charge in [0.05, 0.1) is 22.3 Å². The zero-order valence-electron chi connectivity index (χ0n) is 20.6. The standard InChI is InChI=1S/C31H26O5/c1-19-15-17-25(28(21(19)3)35-30(33)23-11-7-5-8-12-23)27(32)26-18-16-20(2)22(4)29(26)36-31(34)24-13-9-6-10-14-24/h5-18H,1-4H3. The summed E-state index contributed by atoms with van der Waals surface area (Å²) in [6.07, 6.45) is 0. The molecule has 0 aliphatic heterocycles. The normalized spacial score (nSPS) is 10.6. The zero-order valence-corrected chi connectivity index (χ0v) is 20.6. The van der Waals surface area contributed by atoms with Gasteiger partial charge in [-0.15, -0.1) is 0 Å². The molecule has 0 aromatic heterocycles. The van der Waals surface area contributed by atoms with Crippen molar-refractivity contribution < 1.29 is 23.9 Å². The highest BCUT2D eigenvalue weighted by Gasteiger charge is 2.25. The van der Waals surface area contributed by atoms with E-state index in [1.165, 1.54) is 0 Å². The molecule has 180 valence electrons. The van der Waals surface area contributed by atoms with E-state index in [1.54, 1.807) is 86.6 Å². The minimum atomic E-state index is -0.561. The first-order chi connectivity index (χ1) is 17.3. The van der Waals surface area contributed by atoms with E-state index in [9.17, 15) is 14.4 Å². The Balaban J connectivity index is 1.77. The van der Waals surface area contributed by atoms with Gasteiger partial charge in [-0.3, -0.25) is 4.79 Å². The van der Waals surface area contributed by atoms with E-state index in [1.807, 2.05) is 26.0 Å². The molecule has 4 aromatic rings. The summed E-state index contributed by atoms with van der Waals surface area (Å²) < 4.78 is 11.5. The summed E-state index contributed by atoms with van der Waals surface area (Å²) in [6.45, 7) is 7.37. The molecule has 0 bridgehead atoms. The van der Waals surface area contributed by atoms with E-state index >= 15 is 0 Å². The van der Waals surface area contributed by atoms with Crippen LogP contribution in [0.1, 0.15) is 58.9 Å². The fourth-order valence-corrected chi connectivity index (χ4v) is 3.80. The molecule has 0 heterocycles. The minimum Gasteiger partial charge on any atom is -0.422 e. The molecule has 4 rings (SSSR count). The second-order valence-corrected chi connectivity index (χ2v) is 8.61. The summed E-state index contributed by atoms with van der Waals surface area (Å²) in [5.41, 5.74) is 4.27. The van der Waals surface area contributed by atoms with Crippen molar-refractivity contribution in [2.75, 3.05) is 0 Å². The van der Waals surface area contributed by atoms with Crippen molar-refractivity contribution >= 4 is 17.7 Å². The Bertz CT molecular complexity index is 1340. The van der Waals surface area contributed by atoms with Crippen LogP contribution in [0.5, 0.6) is 11.5 Å². The molecule has 4 aromatic carbocycles. The molecule has 5 heteroatoms. The van der Waals surface area contributed by atoms with E-state index in [2.05, 4.69) is 0 Å². The molecular weight excluding hydrogens is 452 g/mol. The summed E-state index contributed by atoms with van der Waals surface area (Å²) in [7, 11) is 0. The monoisotopic (exact) mass is 478 g/mol. The van der Waals surface area contributed by atoms with Gasteiger partial charge in [-0.1, -0.05) is 48.5 Å². The molecular formula is C31H26O5. The Morgan fingerprint density at radius 2 is 0.861 bits per heavy atom. The summed E-state index contributed by atoms with van der Waals surface area (Å²) >= 11 is 0. The van der Waals surface area contributed by atoms with E-state index in [-0.39, 0.29) is 22.6 Å². The van der Waals surface area contributed by atoms with Gasteiger partial charge in [0.25, 0.3) is 0 Å². The van der Waals surface area contributed by atoms with Gasteiger partial charge in [0.1, 0.15) is 11.5 Å². The number of ketones is 1. The average Bonchev–Trinajstić information content (AvgIpc) is 2.90. The van der Waals surface area contributed by atoms with Gasteiger partial charge in [-0.25, -0.2) is 9.59 Å². The number of carbonyl (C=O) groups excluding carboxylic acids is 3. The van der Waals surface area contributed by atoms with Crippen molar-refractivity contribution in [2.45, 2.75) is 27.7 Å². The number of rotatable bonds is 6. The lowest BCUT2D eigenvalue weighted by Crippen LogP contribution is -2.16. The smallest absolute Gasteiger partial charge is 0.343 e. The number of hydrogen-bond donors (Lipinski definition) is 0. The molecule has 0 spiro atoms. The largest absolute Gasteiger partial charge is 0.422 e. The van der Waals surface area contributed by atoms with E-state index < -0.39 is 17.7 Å². The molecule has 0 saturated carbocycles. The number of aryl methyl sites for hydroxylation is 2. The first-order valence-corrected chi connectivity index (χ1v) is 11.6. The predicted molar refractivity (Wildman–Crippen MR) is 138 cm³/mol. The van der Waals surface area contributed by atoms with Gasteiger partial charge in [0, 0.05) is 0 Å². The minimum absolute atomic E-state index is 0.187. The fraction of sp³-hybridized carbons (Fsp3) is 0.129. The molecule has 0 atom stereocenters. The summed E-state index contributed by atoms with van der Waals surface area (Å²) in [6, 6.07) is 24.1. The van der Waals surface area contributed by atoms with Crippen molar-refractivity contribution in [1.82, 2.24) is 0 Å². The lowest BCUT2D eigenvalue weighted by molar-refractivity contribution is 0.0724. The number of benzene rings is 4. The van der Waals surface area contributed by atoms with E-state index in [0.29, 0.717) is 22.3 Å². The number of ether oxygens (including phenoxy) is 2. The third-order valence-electron chi connectivity index (χ3n) is 6.25. The van der Waals surface area contributed by atoms with Crippen LogP contribution in [0.2, 0.25) is 0 Å². The van der Waals surface area contributed by atoms with Crippen LogP contribution in [0.4, 0.5) is 0 Å². The lowest BCUT2D eigenvalue weighted by Gasteiger charge is -2.17. The molecule has 0 aliphatic rings. The van der Waals surface area contributed by atoms with Gasteiger partial charge in [-0.05, 0) is 86.3 Å². The first-order valence-electron chi connectivity index (χ1n) is 11.6. The Morgan fingerprint density at radius 1 is 0.500 bits per heavy atom. The van der Waals surface area contributed by atoms with Crippen molar-refractivity contribution in [3.63, 3.8) is 0 Å². The van der Waals surface area contributed by atoms with Gasteiger partial charge < -0.3 is 9.47 Å². The quantitative estimate of drug-likeness (QED) is 0.178. The van der Waals surface area contributed by atoms with Crippen LogP contribution in [-0.4, -0.2) is 17.7 Å². The molecule has 0 unspecified atom stereocenters. The van der Waals surface area contributed by atoms with Crippen LogP contribution in [-0.2, 0) is 0 Å². The predicted octanol–water partition coefficient (Wildman–Crippen LogP) is 6.59. The molecule has 0 N–H and O–H groups in total. The summed E-state index contributed by atoms with van der Waals surface area (Å²) in [5, 5.41) is 0. The molecule has 0 fully saturated rings. The van der Waals surface area contributed by atoms with Crippen LogP contribution in [0.25, 0.3) is 0 Å². The zero-order chi connectivity index (χ0) is 25.8. The topological polar surface area (TPSA) is 69.7 Å². The Morgan fingerprint density at radius 3 is 1.22 bits per heavy atom. The van der Waals surface area contributed by atoms with Crippen LogP contribution >= 0.6 is 0 Å². The molecule has 0 aliphatic carbocycles. The van der Waals surface area contributed by atoms with Crippen LogP contribution in [0, 0.1) is 27.7 Å². The Kier molecular flexibility index (Phi) is 7.11. The SMILES string of the molecule is Cc1ccc(C(=O)c2ccc(C)c(C)c2OC(=O)c2ccccc2)c(OC(=O)c2ccccc2)c1C. The van der Waals surface area contributed by atoms with Crippen molar-refractivity contribution in [3.8, 4) is 11.5 Å². The van der Waals surface area contributed by atoms with Gasteiger partial charge in [0.2, 0.25) is 5.78 Å². The van der Waals surface area contributed by atoms with Crippen LogP contribution < -0.4 is 9.47 Å². The second kappa shape index (κ2) is 10.4. The number of esters is 2. The molecule has 0 amide bonds. The van der Waals surface area contributed by atoms with Gasteiger partial charge in [-0.2, -0.15) is 0 Å². The maximum Gasteiger partial charge on any atom is 0.343 e. The Labute approximate surface area is 210 Å². The highest BCUT2D eigenvalue weighted by molar-refractivity contribution is 6.14. The van der Waals surface area contributed by atoms with E-state index in [4.69, 9.17) is 9.47 Å². The van der Waals surface area contributed by atoms with Crippen molar-refractivity contribution in [3.05, 3.63) is 129 Å². The van der Waals surface area contributed by atoms with E-state index in [0.717, 1.165) is 11.1 Å². The maximum absolute atomic E-state index is 13.9. The summed E-state index contributed by atoms with van der Waals surface area (Å²) in [5.74, 6) is -1.16.